The highest BCUT2D eigenvalue weighted by molar-refractivity contribution is 5.67. The molecule has 2 aromatic rings. The summed E-state index contributed by atoms with van der Waals surface area (Å²) in [7, 11) is 1.65. The second-order valence-corrected chi connectivity index (χ2v) is 7.99. The van der Waals surface area contributed by atoms with Crippen LogP contribution in [0.5, 0.6) is 5.75 Å². The Kier molecular flexibility index (Phi) is 8.68. The van der Waals surface area contributed by atoms with Gasteiger partial charge in [-0.25, -0.2) is 4.98 Å². The average Bonchev–Trinajstić information content (AvgIpc) is 3.32. The van der Waals surface area contributed by atoms with Gasteiger partial charge in [-0.05, 0) is 37.6 Å². The maximum absolute atomic E-state index is 10.0. The molecular formula is C22H34N4O5. The number of hydrogen-bond acceptors (Lipinski definition) is 8. The average molecular weight is 435 g/mol. The molecule has 1 aliphatic heterocycles. The van der Waals surface area contributed by atoms with Gasteiger partial charge in [0.25, 0.3) is 0 Å². The maximum Gasteiger partial charge on any atom is 0.142 e. The zero-order valence-corrected chi connectivity index (χ0v) is 17.9. The number of H-pyrrole nitrogens is 1. The normalized spacial score (nSPS) is 24.3. The molecule has 0 aliphatic carbocycles. The van der Waals surface area contributed by atoms with Crippen LogP contribution in [0.4, 0.5) is 5.69 Å². The van der Waals surface area contributed by atoms with E-state index in [0.717, 1.165) is 55.1 Å². The number of nitrogens with one attached hydrogen (secondary N) is 2. The number of nitrogens with zero attached hydrogens (tertiary/aromatic N) is 2. The zero-order valence-electron chi connectivity index (χ0n) is 17.9. The number of benzene rings is 1. The molecule has 1 aliphatic rings. The molecule has 1 fully saturated rings. The predicted octanol–water partition coefficient (Wildman–Crippen LogP) is 0.817. The highest BCUT2D eigenvalue weighted by Gasteiger charge is 2.40. The summed E-state index contributed by atoms with van der Waals surface area (Å²) in [5.74, 6) is 1.57. The Labute approximate surface area is 182 Å². The van der Waals surface area contributed by atoms with Crippen LogP contribution in [0.2, 0.25) is 0 Å². The molecule has 3 rings (SSSR count). The number of aliphatic hydroxyl groups excluding tert-OH is 4. The van der Waals surface area contributed by atoms with Crippen molar-refractivity contribution >= 4 is 5.69 Å². The number of aliphatic hydroxyl groups is 4. The summed E-state index contributed by atoms with van der Waals surface area (Å²) in [6, 6.07) is 5.42. The molecule has 2 heterocycles. The summed E-state index contributed by atoms with van der Waals surface area (Å²) >= 11 is 0. The van der Waals surface area contributed by atoms with E-state index in [9.17, 15) is 20.4 Å². The van der Waals surface area contributed by atoms with E-state index in [1.165, 1.54) is 0 Å². The molecule has 1 aromatic carbocycles. The number of imidazole rings is 1. The van der Waals surface area contributed by atoms with Crippen molar-refractivity contribution in [2.45, 2.75) is 50.0 Å². The van der Waals surface area contributed by atoms with E-state index >= 15 is 0 Å². The standard InChI is InChI=1S/C22H34N4O5/c1-31-19-12-15(22-24-9-10-25-22)6-7-16(19)23-8-4-2-3-5-11-26-13-18(28)21(30)20(29)17(26)14-27/h6-7,9-10,12,17-18,20-21,23,27-30H,2-5,8,11,13-14H2,1H3,(H,24,25)/t17-,18+,20-,21-/m1/s1. The Morgan fingerprint density at radius 1 is 1.16 bits per heavy atom. The number of unbranched alkanes of at least 4 members (excludes halogenated alkanes) is 3. The van der Waals surface area contributed by atoms with E-state index in [1.54, 1.807) is 19.5 Å². The lowest BCUT2D eigenvalue weighted by atomic mass is 9.94. The van der Waals surface area contributed by atoms with Crippen molar-refractivity contribution in [1.82, 2.24) is 14.9 Å². The van der Waals surface area contributed by atoms with E-state index in [4.69, 9.17) is 4.74 Å². The lowest BCUT2D eigenvalue weighted by Gasteiger charge is -2.43. The molecule has 6 N–H and O–H groups in total. The van der Waals surface area contributed by atoms with Gasteiger partial charge in [-0.3, -0.25) is 4.90 Å². The molecule has 31 heavy (non-hydrogen) atoms. The number of anilines is 1. The Balaban J connectivity index is 1.37. The smallest absolute Gasteiger partial charge is 0.142 e. The fourth-order valence-electron chi connectivity index (χ4n) is 4.06. The predicted molar refractivity (Wildman–Crippen MR) is 118 cm³/mol. The molecule has 1 aromatic heterocycles. The van der Waals surface area contributed by atoms with Crippen LogP contribution in [-0.4, -0.2) is 93.0 Å². The van der Waals surface area contributed by atoms with Crippen molar-refractivity contribution in [2.24, 2.45) is 0 Å². The summed E-state index contributed by atoms with van der Waals surface area (Å²) in [5, 5.41) is 42.6. The van der Waals surface area contributed by atoms with Crippen molar-refractivity contribution in [3.63, 3.8) is 0 Å². The Bertz CT molecular complexity index is 788. The van der Waals surface area contributed by atoms with Gasteiger partial charge in [-0.1, -0.05) is 12.8 Å². The van der Waals surface area contributed by atoms with Gasteiger partial charge in [0.2, 0.25) is 0 Å². The van der Waals surface area contributed by atoms with E-state index < -0.39 is 24.4 Å². The molecule has 0 saturated carbocycles. The first-order valence-electron chi connectivity index (χ1n) is 10.9. The third-order valence-electron chi connectivity index (χ3n) is 5.88. The van der Waals surface area contributed by atoms with Gasteiger partial charge >= 0.3 is 0 Å². The van der Waals surface area contributed by atoms with Crippen LogP contribution in [0.25, 0.3) is 11.4 Å². The molecule has 0 unspecified atom stereocenters. The monoisotopic (exact) mass is 434 g/mol. The van der Waals surface area contributed by atoms with Crippen molar-refractivity contribution in [1.29, 1.82) is 0 Å². The van der Waals surface area contributed by atoms with Crippen molar-refractivity contribution in [3.8, 4) is 17.1 Å². The van der Waals surface area contributed by atoms with Crippen molar-refractivity contribution in [3.05, 3.63) is 30.6 Å². The number of piperidine rings is 1. The first-order valence-corrected chi connectivity index (χ1v) is 10.9. The zero-order chi connectivity index (χ0) is 22.2. The van der Waals surface area contributed by atoms with Gasteiger partial charge in [0.05, 0.1) is 31.5 Å². The van der Waals surface area contributed by atoms with Crippen LogP contribution >= 0.6 is 0 Å². The molecule has 0 amide bonds. The largest absolute Gasteiger partial charge is 0.495 e. The van der Waals surface area contributed by atoms with Gasteiger partial charge < -0.3 is 35.5 Å². The molecule has 9 nitrogen and oxygen atoms in total. The molecule has 0 bridgehead atoms. The van der Waals surface area contributed by atoms with Gasteiger partial charge in [-0.15, -0.1) is 0 Å². The Morgan fingerprint density at radius 3 is 2.68 bits per heavy atom. The van der Waals surface area contributed by atoms with Gasteiger partial charge in [0, 0.05) is 31.0 Å². The van der Waals surface area contributed by atoms with Crippen LogP contribution in [-0.2, 0) is 0 Å². The van der Waals surface area contributed by atoms with Gasteiger partial charge in [-0.2, -0.15) is 0 Å². The third-order valence-corrected chi connectivity index (χ3v) is 5.88. The quantitative estimate of drug-likeness (QED) is 0.286. The first kappa shape index (κ1) is 23.5. The van der Waals surface area contributed by atoms with Crippen molar-refractivity contribution < 1.29 is 25.2 Å². The number of methoxy groups -OCH3 is 1. The van der Waals surface area contributed by atoms with Crippen LogP contribution in [0, 0.1) is 0 Å². The minimum atomic E-state index is -1.20. The second-order valence-electron chi connectivity index (χ2n) is 7.99. The number of likely N-dealkylation sites (tertiary alicyclic amines) is 1. The fourth-order valence-corrected chi connectivity index (χ4v) is 4.06. The number of aromatic amines is 1. The number of ether oxygens (including phenoxy) is 1. The molecular weight excluding hydrogens is 400 g/mol. The Hall–Kier alpha value is -2.17. The SMILES string of the molecule is COc1cc(-c2ncc[nH]2)ccc1NCCCCCCN1C[C@H](O)[C@@H](O)[C@H](O)[C@H]1CO. The topological polar surface area (TPSA) is 134 Å². The second kappa shape index (κ2) is 11.4. The lowest BCUT2D eigenvalue weighted by molar-refractivity contribution is -0.145. The minimum Gasteiger partial charge on any atom is -0.495 e. The molecule has 9 heteroatoms. The number of rotatable bonds is 11. The molecule has 0 radical (unpaired) electrons. The summed E-state index contributed by atoms with van der Waals surface area (Å²) < 4.78 is 5.50. The van der Waals surface area contributed by atoms with Crippen LogP contribution in [0.15, 0.2) is 30.6 Å². The minimum absolute atomic E-state index is 0.241. The highest BCUT2D eigenvalue weighted by atomic mass is 16.5. The fraction of sp³-hybridized carbons (Fsp3) is 0.591. The van der Waals surface area contributed by atoms with Gasteiger partial charge in [0.1, 0.15) is 23.8 Å². The van der Waals surface area contributed by atoms with Crippen LogP contribution in [0.1, 0.15) is 25.7 Å². The van der Waals surface area contributed by atoms with E-state index in [0.29, 0.717) is 6.54 Å². The molecule has 1 saturated heterocycles. The van der Waals surface area contributed by atoms with Crippen LogP contribution in [0.3, 0.4) is 0 Å². The van der Waals surface area contributed by atoms with Crippen LogP contribution < -0.4 is 10.1 Å². The first-order chi connectivity index (χ1) is 15.0. The van der Waals surface area contributed by atoms with Gasteiger partial charge in [0.15, 0.2) is 0 Å². The summed E-state index contributed by atoms with van der Waals surface area (Å²) in [6.07, 6.45) is 4.11. The number of β-amino-alcohol motifs (C(OH)–C–C–N with tert-alkyl or cyclic N) is 1. The number of hydrogen-bond donors (Lipinski definition) is 6. The van der Waals surface area contributed by atoms with Crippen molar-refractivity contribution in [2.75, 3.05) is 38.7 Å². The van der Waals surface area contributed by atoms with E-state index in [2.05, 4.69) is 15.3 Å². The summed E-state index contributed by atoms with van der Waals surface area (Å²) in [5.41, 5.74) is 1.91. The van der Waals surface area contributed by atoms with E-state index in [1.807, 2.05) is 23.1 Å². The lowest BCUT2D eigenvalue weighted by Crippen LogP contribution is -2.62. The number of aromatic nitrogens is 2. The third kappa shape index (κ3) is 5.96. The summed E-state index contributed by atoms with van der Waals surface area (Å²) in [6.45, 7) is 1.51. The molecule has 0 spiro atoms. The van der Waals surface area contributed by atoms with E-state index in [-0.39, 0.29) is 13.2 Å². The molecule has 172 valence electrons. The highest BCUT2D eigenvalue weighted by Crippen LogP contribution is 2.29. The maximum atomic E-state index is 10.0. The summed E-state index contributed by atoms with van der Waals surface area (Å²) in [4.78, 5) is 9.22. The Morgan fingerprint density at radius 2 is 1.97 bits per heavy atom. The molecule has 4 atom stereocenters.